The Bertz CT molecular complexity index is 2800. The zero-order chi connectivity index (χ0) is 68.1. The second kappa shape index (κ2) is 29.9. The Labute approximate surface area is 562 Å². The summed E-state index contributed by atoms with van der Waals surface area (Å²) in [7, 11) is 3.83. The molecule has 12 saturated carbocycles. The van der Waals surface area contributed by atoms with Gasteiger partial charge in [-0.3, -0.25) is 24.0 Å². The summed E-state index contributed by atoms with van der Waals surface area (Å²) < 4.78 is 9.64. The van der Waals surface area contributed by atoms with Gasteiger partial charge in [-0.05, 0) is 251 Å². The summed E-state index contributed by atoms with van der Waals surface area (Å²) >= 11 is 0. The molecular formula is C75H127N7O12. The number of hydrogen-bond donors (Lipinski definition) is 9. The normalized spacial score (nSPS) is 46.1. The summed E-state index contributed by atoms with van der Waals surface area (Å²) in [6, 6.07) is 0.963. The number of oxime groups is 3. The van der Waals surface area contributed by atoms with E-state index in [-0.39, 0.29) is 117 Å². The van der Waals surface area contributed by atoms with E-state index in [2.05, 4.69) is 77.8 Å². The maximum absolute atomic E-state index is 13.7. The lowest BCUT2D eigenvalue weighted by Crippen LogP contribution is -2.65. The molecule has 0 aromatic carbocycles. The molecule has 27 unspecified atom stereocenters. The van der Waals surface area contributed by atoms with Crippen LogP contribution >= 0.6 is 0 Å². The molecule has 19 nitrogen and oxygen atoms in total. The lowest BCUT2D eigenvalue weighted by Gasteiger charge is -2.64. The monoisotopic (exact) mass is 1320 g/mol. The molecule has 12 rings (SSSR count). The SMILES string of the molecule is CC(CCCO)C1CCC2C3C(N)CC4CC(N)CCC4(C)C3CC(N)C12C.CO.COC(=O)CCC(C)C1CCC2C3/C(=N/O)CC4C/C(=N/O)CCC4(C)C3C/C(=N\O)C12C.COC(=O)CCC(C)C1CCC2C3C(=O)CC4CC(=O)CCC4(C)C3CC(=O)C12C.N. The zero-order valence-corrected chi connectivity index (χ0v) is 59.8. The molecule has 14 N–H and O–H groups in total. The van der Waals surface area contributed by atoms with Gasteiger partial charge in [-0.2, -0.15) is 0 Å². The molecule has 0 heterocycles. The van der Waals surface area contributed by atoms with Crippen LogP contribution in [0.3, 0.4) is 0 Å². The number of Topliss-reactive ketones (excluding diaryl/α,β-unsaturated/α-hetero) is 3. The molecule has 0 saturated heterocycles. The third-order valence-electron chi connectivity index (χ3n) is 30.9. The van der Waals surface area contributed by atoms with Crippen LogP contribution in [0.1, 0.15) is 236 Å². The van der Waals surface area contributed by atoms with Crippen molar-refractivity contribution >= 4 is 46.4 Å². The fourth-order valence-electron chi connectivity index (χ4n) is 25.5. The van der Waals surface area contributed by atoms with Crippen LogP contribution in [0, 0.1) is 139 Å². The second-order valence-electron chi connectivity index (χ2n) is 34.1. The Morgan fingerprint density at radius 2 is 1.11 bits per heavy atom. The maximum atomic E-state index is 13.7. The maximum Gasteiger partial charge on any atom is 0.305 e. The standard InChI is InChI=1S/C25H39N3O5.C25H36O5.C24H45N3O.CH4O.H3N/c1-14(5-8-22(29)33-4)17-6-7-18-23-19(13-21(28-32)25(17,18)3)24(2)10-9-16(26-30)11-15(24)12-20(23)27-31;1-14(5-8-22(29)30-4)17-6-7-18-23-19(13-21(28)25(17,18)3)24(2)10-9-16(26)11-15(24)12-20(23)27;1-14(5-4-10-28)17-6-7-18-22-19(13-21(27)24(17,18)3)23(2)9-8-16(25)11-15(23)12-20(22)26;1-2;/h14-15,17-19,23,30-32H,5-13H2,1-4H3;14-15,17-19,23H,5-13H2,1-4H3;14-22,28H,4-13,25-27H2,1-3H3;2H,1H3;1H3/b26-16+,27-20+,28-21+;;;;. The van der Waals surface area contributed by atoms with Gasteiger partial charge in [-0.25, -0.2) is 0 Å². The summed E-state index contributed by atoms with van der Waals surface area (Å²) in [5.74, 6) is 6.66. The minimum atomic E-state index is -0.472. The number of ether oxygens (including phenoxy) is 2. The van der Waals surface area contributed by atoms with Crippen molar-refractivity contribution in [3.05, 3.63) is 0 Å². The van der Waals surface area contributed by atoms with Crippen molar-refractivity contribution in [3.8, 4) is 0 Å². The molecule has 0 aromatic heterocycles. The van der Waals surface area contributed by atoms with Crippen LogP contribution in [0.15, 0.2) is 15.5 Å². The Balaban J connectivity index is 0.000000178. The highest BCUT2D eigenvalue weighted by molar-refractivity contribution is 5.98. The molecule has 12 aliphatic carbocycles. The molecule has 0 spiro atoms. The summed E-state index contributed by atoms with van der Waals surface area (Å²) in [6.07, 6.45) is 23.4. The van der Waals surface area contributed by atoms with Gasteiger partial charge in [-0.15, -0.1) is 0 Å². The smallest absolute Gasteiger partial charge is 0.305 e. The fraction of sp³-hybridized carbons (Fsp3) is 0.893. The quantitative estimate of drug-likeness (QED) is 0.0498. The first-order valence-electron chi connectivity index (χ1n) is 36.8. The van der Waals surface area contributed by atoms with E-state index in [0.29, 0.717) is 128 Å². The van der Waals surface area contributed by atoms with Crippen molar-refractivity contribution in [1.29, 1.82) is 0 Å². The number of fused-ring (bicyclic) bond motifs is 15. The van der Waals surface area contributed by atoms with Crippen LogP contribution in [0.25, 0.3) is 0 Å². The summed E-state index contributed by atoms with van der Waals surface area (Å²) in [6.45, 7) is 21.0. The van der Waals surface area contributed by atoms with Crippen molar-refractivity contribution in [2.45, 2.75) is 254 Å². The second-order valence-corrected chi connectivity index (χ2v) is 34.1. The molecule has 0 radical (unpaired) electrons. The molecule has 12 aliphatic rings. The van der Waals surface area contributed by atoms with Crippen LogP contribution < -0.4 is 23.4 Å². The topological polar surface area (TPSA) is 355 Å². The molecule has 27 atom stereocenters. The highest BCUT2D eigenvalue weighted by atomic mass is 16.5. The first-order valence-corrected chi connectivity index (χ1v) is 36.8. The first kappa shape index (κ1) is 75.9. The third-order valence-corrected chi connectivity index (χ3v) is 30.9. The van der Waals surface area contributed by atoms with E-state index in [4.69, 9.17) is 31.8 Å². The summed E-state index contributed by atoms with van der Waals surface area (Å²) in [5, 5.41) is 57.2. The Morgan fingerprint density at radius 3 is 1.69 bits per heavy atom. The average Bonchev–Trinajstić information content (AvgIpc) is 1.36. The average molecular weight is 1320 g/mol. The fourth-order valence-corrected chi connectivity index (χ4v) is 25.5. The van der Waals surface area contributed by atoms with E-state index in [0.717, 1.165) is 121 Å². The number of aliphatic hydroxyl groups is 2. The highest BCUT2D eigenvalue weighted by Gasteiger charge is 2.69. The summed E-state index contributed by atoms with van der Waals surface area (Å²) in [4.78, 5) is 62.5. The number of carbonyl (C=O) groups excluding carboxylic acids is 5. The van der Waals surface area contributed by atoms with Crippen LogP contribution in [-0.2, 0) is 33.4 Å². The number of nitrogens with zero attached hydrogens (tertiary/aromatic N) is 3. The van der Waals surface area contributed by atoms with Gasteiger partial charge in [0.2, 0.25) is 0 Å². The van der Waals surface area contributed by atoms with E-state index >= 15 is 0 Å². The molecular weight excluding hydrogens is 1190 g/mol. The van der Waals surface area contributed by atoms with E-state index < -0.39 is 5.41 Å². The molecule has 0 aromatic rings. The van der Waals surface area contributed by atoms with Crippen molar-refractivity contribution in [2.75, 3.05) is 27.9 Å². The van der Waals surface area contributed by atoms with Gasteiger partial charge in [-0.1, -0.05) is 77.8 Å². The van der Waals surface area contributed by atoms with Gasteiger partial charge in [0.25, 0.3) is 0 Å². The molecule has 0 aliphatic heterocycles. The lowest BCUT2D eigenvalue weighted by atomic mass is 9.42. The number of rotatable bonds is 12. The molecule has 94 heavy (non-hydrogen) atoms. The predicted molar refractivity (Wildman–Crippen MR) is 364 cm³/mol. The number of carbonyl (C=O) groups is 5. The van der Waals surface area contributed by atoms with Gasteiger partial charge in [0.05, 0.1) is 31.4 Å². The van der Waals surface area contributed by atoms with Crippen LogP contribution in [0.2, 0.25) is 0 Å². The number of esters is 2. The number of nitrogens with two attached hydrogens (primary N) is 3. The van der Waals surface area contributed by atoms with Crippen LogP contribution in [0.5, 0.6) is 0 Å². The van der Waals surface area contributed by atoms with Gasteiger partial charge < -0.3 is 58.7 Å². The van der Waals surface area contributed by atoms with Crippen LogP contribution in [0.4, 0.5) is 0 Å². The van der Waals surface area contributed by atoms with E-state index in [1.165, 1.54) is 39.9 Å². The number of hydrogen-bond acceptors (Lipinski definition) is 19. The largest absolute Gasteiger partial charge is 0.469 e. The van der Waals surface area contributed by atoms with E-state index in [1.54, 1.807) is 0 Å². The minimum Gasteiger partial charge on any atom is -0.469 e. The minimum absolute atomic E-state index is 0. The van der Waals surface area contributed by atoms with Gasteiger partial charge in [0.1, 0.15) is 17.3 Å². The Kier molecular flexibility index (Phi) is 24.1. The lowest BCUT2D eigenvalue weighted by molar-refractivity contribution is -0.166. The highest BCUT2D eigenvalue weighted by Crippen LogP contribution is 2.71. The molecule has 0 amide bonds. The van der Waals surface area contributed by atoms with Crippen molar-refractivity contribution in [1.82, 2.24) is 6.15 Å². The number of aliphatic hydroxyl groups excluding tert-OH is 2. The van der Waals surface area contributed by atoms with Gasteiger partial charge >= 0.3 is 11.9 Å². The summed E-state index contributed by atoms with van der Waals surface area (Å²) in [5.41, 5.74) is 22.7. The number of methoxy groups -OCH3 is 2. The van der Waals surface area contributed by atoms with Crippen LogP contribution in [-0.4, -0.2) is 118 Å². The van der Waals surface area contributed by atoms with E-state index in [9.17, 15) is 44.7 Å². The van der Waals surface area contributed by atoms with Gasteiger partial charge in [0.15, 0.2) is 0 Å². The zero-order valence-electron chi connectivity index (χ0n) is 59.8. The van der Waals surface area contributed by atoms with Crippen molar-refractivity contribution in [2.24, 2.45) is 172 Å². The molecule has 19 heteroatoms. The predicted octanol–water partition coefficient (Wildman–Crippen LogP) is 12.1. The van der Waals surface area contributed by atoms with Crippen molar-refractivity contribution in [3.63, 3.8) is 0 Å². The molecule has 534 valence electrons. The third kappa shape index (κ3) is 13.0. The van der Waals surface area contributed by atoms with Gasteiger partial charge in [0, 0.05) is 93.0 Å². The number of ketones is 3. The van der Waals surface area contributed by atoms with E-state index in [1.807, 2.05) is 0 Å². The molecule has 12 fully saturated rings. The Hall–Kier alpha value is -3.88. The Morgan fingerprint density at radius 1 is 0.564 bits per heavy atom. The first-order chi connectivity index (χ1) is 44.1. The molecule has 0 bridgehead atoms. The van der Waals surface area contributed by atoms with Crippen molar-refractivity contribution < 1.29 is 59.3 Å².